The van der Waals surface area contributed by atoms with Crippen LogP contribution >= 0.6 is 11.8 Å². The number of aromatic amines is 1. The van der Waals surface area contributed by atoms with E-state index >= 15 is 0 Å². The number of fused-ring (bicyclic) bond motifs is 3. The van der Waals surface area contributed by atoms with Crippen molar-refractivity contribution in [3.8, 4) is 11.3 Å². The minimum absolute atomic E-state index is 0.752. The summed E-state index contributed by atoms with van der Waals surface area (Å²) in [5.41, 5.74) is 11.0. The molecule has 0 atom stereocenters. The fraction of sp³-hybridized carbons (Fsp3) is 0.217. The fourth-order valence-corrected chi connectivity index (χ4v) is 4.38. The van der Waals surface area contributed by atoms with Crippen LogP contribution in [0.1, 0.15) is 18.4 Å². The van der Waals surface area contributed by atoms with Gasteiger partial charge in [-0.05, 0) is 49.1 Å². The molecule has 3 aromatic carbocycles. The van der Waals surface area contributed by atoms with Crippen molar-refractivity contribution in [3.05, 3.63) is 66.2 Å². The van der Waals surface area contributed by atoms with Crippen molar-refractivity contribution in [2.24, 2.45) is 5.73 Å². The van der Waals surface area contributed by atoms with Gasteiger partial charge in [0.2, 0.25) is 0 Å². The van der Waals surface area contributed by atoms with Gasteiger partial charge in [-0.1, -0.05) is 54.6 Å². The maximum absolute atomic E-state index is 5.74. The van der Waals surface area contributed by atoms with E-state index in [-0.39, 0.29) is 0 Å². The summed E-state index contributed by atoms with van der Waals surface area (Å²) in [6.45, 7) is 0.752. The van der Waals surface area contributed by atoms with E-state index in [9.17, 15) is 0 Å². The van der Waals surface area contributed by atoms with Crippen molar-refractivity contribution in [3.63, 3.8) is 0 Å². The second kappa shape index (κ2) is 7.56. The quantitative estimate of drug-likeness (QED) is 0.327. The average Bonchev–Trinajstić information content (AvgIpc) is 3.07. The summed E-state index contributed by atoms with van der Waals surface area (Å²) >= 11 is 1.80. The number of thioether (sulfide) groups is 1. The second-order valence-electron chi connectivity index (χ2n) is 6.63. The molecule has 4 rings (SSSR count). The number of rotatable bonds is 6. The molecule has 0 bridgehead atoms. The minimum Gasteiger partial charge on any atom is -0.354 e. The lowest BCUT2D eigenvalue weighted by molar-refractivity contribution is 0.748. The summed E-state index contributed by atoms with van der Waals surface area (Å²) in [7, 11) is 0. The van der Waals surface area contributed by atoms with Crippen LogP contribution in [0.5, 0.6) is 0 Å². The molecule has 1 heterocycles. The van der Waals surface area contributed by atoms with E-state index in [0.717, 1.165) is 25.8 Å². The summed E-state index contributed by atoms with van der Waals surface area (Å²) in [6.07, 6.45) is 5.37. The highest BCUT2D eigenvalue weighted by Crippen LogP contribution is 2.38. The molecule has 0 saturated heterocycles. The van der Waals surface area contributed by atoms with E-state index in [1.54, 1.807) is 11.8 Å². The molecule has 0 aliphatic carbocycles. The van der Waals surface area contributed by atoms with Crippen LogP contribution in [0.4, 0.5) is 0 Å². The van der Waals surface area contributed by atoms with E-state index in [0.29, 0.717) is 0 Å². The SMILES string of the molecule is CSc1ccccc1-c1[nH]c2c(ccc3ccccc32)c1CCCCN. The molecule has 3 heteroatoms. The lowest BCUT2D eigenvalue weighted by Crippen LogP contribution is -1.99. The first-order valence-electron chi connectivity index (χ1n) is 9.19. The molecule has 0 amide bonds. The number of hydrogen-bond acceptors (Lipinski definition) is 2. The van der Waals surface area contributed by atoms with Crippen molar-refractivity contribution in [1.29, 1.82) is 0 Å². The highest BCUT2D eigenvalue weighted by molar-refractivity contribution is 7.98. The third kappa shape index (κ3) is 3.02. The van der Waals surface area contributed by atoms with Crippen LogP contribution < -0.4 is 5.73 Å². The van der Waals surface area contributed by atoms with Gasteiger partial charge in [-0.15, -0.1) is 11.8 Å². The Morgan fingerprint density at radius 3 is 2.54 bits per heavy atom. The van der Waals surface area contributed by atoms with E-state index in [4.69, 9.17) is 5.73 Å². The Morgan fingerprint density at radius 1 is 0.885 bits per heavy atom. The first-order chi connectivity index (χ1) is 12.8. The van der Waals surface area contributed by atoms with Crippen LogP contribution in [0.25, 0.3) is 32.9 Å². The molecule has 3 N–H and O–H groups in total. The highest BCUT2D eigenvalue weighted by atomic mass is 32.2. The third-order valence-electron chi connectivity index (χ3n) is 5.06. The number of nitrogens with one attached hydrogen (secondary N) is 1. The van der Waals surface area contributed by atoms with E-state index in [2.05, 4.69) is 71.9 Å². The molecule has 0 aliphatic heterocycles. The number of aromatic nitrogens is 1. The fourth-order valence-electron chi connectivity index (χ4n) is 3.78. The number of benzene rings is 3. The molecule has 0 aliphatic rings. The topological polar surface area (TPSA) is 41.8 Å². The zero-order valence-electron chi connectivity index (χ0n) is 15.1. The smallest absolute Gasteiger partial charge is 0.0541 e. The van der Waals surface area contributed by atoms with Crippen LogP contribution in [0.15, 0.2) is 65.6 Å². The minimum atomic E-state index is 0.752. The number of hydrogen-bond donors (Lipinski definition) is 2. The second-order valence-corrected chi connectivity index (χ2v) is 7.48. The maximum atomic E-state index is 5.74. The Bertz CT molecular complexity index is 1050. The summed E-state index contributed by atoms with van der Waals surface area (Å²) in [5.74, 6) is 0. The van der Waals surface area contributed by atoms with Gasteiger partial charge >= 0.3 is 0 Å². The van der Waals surface area contributed by atoms with Gasteiger partial charge in [-0.2, -0.15) is 0 Å². The van der Waals surface area contributed by atoms with E-state index in [1.807, 2.05) is 0 Å². The van der Waals surface area contributed by atoms with Gasteiger partial charge in [-0.3, -0.25) is 0 Å². The number of H-pyrrole nitrogens is 1. The van der Waals surface area contributed by atoms with Crippen molar-refractivity contribution in [1.82, 2.24) is 4.98 Å². The molecule has 0 saturated carbocycles. The predicted octanol–water partition coefficient (Wildman–Crippen LogP) is 5.99. The highest BCUT2D eigenvalue weighted by Gasteiger charge is 2.16. The Hall–Kier alpha value is -2.23. The maximum Gasteiger partial charge on any atom is 0.0541 e. The van der Waals surface area contributed by atoms with Gasteiger partial charge in [0.15, 0.2) is 0 Å². The average molecular weight is 361 g/mol. The molecule has 0 radical (unpaired) electrons. The van der Waals surface area contributed by atoms with Crippen molar-refractivity contribution in [2.75, 3.05) is 12.8 Å². The van der Waals surface area contributed by atoms with Gasteiger partial charge in [0.25, 0.3) is 0 Å². The Morgan fingerprint density at radius 2 is 1.69 bits per heavy atom. The molecule has 4 aromatic rings. The molecule has 0 fully saturated rings. The van der Waals surface area contributed by atoms with Gasteiger partial charge in [0.05, 0.1) is 11.2 Å². The van der Waals surface area contributed by atoms with Crippen molar-refractivity contribution >= 4 is 33.4 Å². The molecule has 26 heavy (non-hydrogen) atoms. The Kier molecular flexibility index (Phi) is 5.00. The number of unbranched alkanes of at least 4 members (excludes halogenated alkanes) is 1. The van der Waals surface area contributed by atoms with Crippen LogP contribution in [-0.4, -0.2) is 17.8 Å². The zero-order valence-corrected chi connectivity index (χ0v) is 15.9. The molecule has 0 unspecified atom stereocenters. The van der Waals surface area contributed by atoms with Gasteiger partial charge in [0, 0.05) is 21.2 Å². The molecular formula is C23H24N2S. The van der Waals surface area contributed by atoms with Gasteiger partial charge in [-0.25, -0.2) is 0 Å². The summed E-state index contributed by atoms with van der Waals surface area (Å²) < 4.78 is 0. The third-order valence-corrected chi connectivity index (χ3v) is 5.86. The Labute approximate surface area is 158 Å². The van der Waals surface area contributed by atoms with Crippen LogP contribution in [0.3, 0.4) is 0 Å². The molecule has 1 aromatic heterocycles. The monoisotopic (exact) mass is 360 g/mol. The van der Waals surface area contributed by atoms with E-state index in [1.165, 1.54) is 43.4 Å². The zero-order chi connectivity index (χ0) is 17.9. The first-order valence-corrected chi connectivity index (χ1v) is 10.4. The standard InChI is InChI=1S/C23H24N2S/c1-26-21-12-5-4-11-20(21)23-18(10-6-7-15-24)19-14-13-16-8-2-3-9-17(16)22(19)25-23/h2-5,8-9,11-14,25H,6-7,10,15,24H2,1H3. The summed E-state index contributed by atoms with van der Waals surface area (Å²) in [6, 6.07) is 21.8. The lowest BCUT2D eigenvalue weighted by Gasteiger charge is -2.09. The van der Waals surface area contributed by atoms with Crippen LogP contribution in [0.2, 0.25) is 0 Å². The number of aryl methyl sites for hydroxylation is 1. The van der Waals surface area contributed by atoms with Gasteiger partial charge < -0.3 is 10.7 Å². The first kappa shape index (κ1) is 17.2. The summed E-state index contributed by atoms with van der Waals surface area (Å²) in [4.78, 5) is 5.09. The summed E-state index contributed by atoms with van der Waals surface area (Å²) in [5, 5.41) is 3.91. The molecule has 132 valence electrons. The van der Waals surface area contributed by atoms with Crippen molar-refractivity contribution in [2.45, 2.75) is 24.2 Å². The van der Waals surface area contributed by atoms with Crippen molar-refractivity contribution < 1.29 is 0 Å². The number of nitrogens with two attached hydrogens (primary N) is 1. The van der Waals surface area contributed by atoms with Crippen LogP contribution in [0, 0.1) is 0 Å². The van der Waals surface area contributed by atoms with Gasteiger partial charge in [0.1, 0.15) is 0 Å². The predicted molar refractivity (Wildman–Crippen MR) is 115 cm³/mol. The lowest BCUT2D eigenvalue weighted by atomic mass is 9.99. The Balaban J connectivity index is 1.97. The largest absolute Gasteiger partial charge is 0.354 e. The van der Waals surface area contributed by atoms with E-state index < -0.39 is 0 Å². The van der Waals surface area contributed by atoms with Crippen LogP contribution in [-0.2, 0) is 6.42 Å². The molecule has 2 nitrogen and oxygen atoms in total. The molecular weight excluding hydrogens is 336 g/mol. The molecule has 0 spiro atoms. The normalized spacial score (nSPS) is 11.5.